The zero-order valence-corrected chi connectivity index (χ0v) is 20.1. The maximum absolute atomic E-state index is 13.6. The predicted octanol–water partition coefficient (Wildman–Crippen LogP) is 4.49. The Balaban J connectivity index is 1.26. The lowest BCUT2D eigenvalue weighted by molar-refractivity contribution is -0.148. The van der Waals surface area contributed by atoms with Crippen LogP contribution in [0.1, 0.15) is 73.6 Å². The molecule has 1 N–H and O–H groups in total. The van der Waals surface area contributed by atoms with Crippen LogP contribution in [0.5, 0.6) is 0 Å². The molecular formula is C28H35N3O3. The number of rotatable bonds is 6. The summed E-state index contributed by atoms with van der Waals surface area (Å²) < 4.78 is 7.22. The second-order valence-corrected chi connectivity index (χ2v) is 11.3. The van der Waals surface area contributed by atoms with Gasteiger partial charge in [0.15, 0.2) is 5.69 Å². The smallest absolute Gasteiger partial charge is 0.309 e. The Kier molecular flexibility index (Phi) is 5.50. The third kappa shape index (κ3) is 3.85. The number of ether oxygens (including phenoxy) is 1. The summed E-state index contributed by atoms with van der Waals surface area (Å²) in [6.45, 7) is 2.97. The van der Waals surface area contributed by atoms with Crippen LogP contribution in [-0.2, 0) is 22.4 Å². The highest BCUT2D eigenvalue weighted by molar-refractivity contribution is 5.94. The first-order valence-electron chi connectivity index (χ1n) is 13.1. The summed E-state index contributed by atoms with van der Waals surface area (Å²) in [5, 5.41) is 8.13. The fourth-order valence-electron chi connectivity index (χ4n) is 7.90. The van der Waals surface area contributed by atoms with Gasteiger partial charge in [0.1, 0.15) is 0 Å². The third-order valence-corrected chi connectivity index (χ3v) is 8.89. The number of benzene rings is 1. The Morgan fingerprint density at radius 2 is 1.76 bits per heavy atom. The minimum atomic E-state index is -0.212. The van der Waals surface area contributed by atoms with Crippen LogP contribution in [0, 0.1) is 29.1 Å². The van der Waals surface area contributed by atoms with Gasteiger partial charge < -0.3 is 10.1 Å². The minimum Gasteiger partial charge on any atom is -0.466 e. The molecule has 0 radical (unpaired) electrons. The van der Waals surface area contributed by atoms with Crippen molar-refractivity contribution in [3.05, 3.63) is 47.3 Å². The molecule has 5 aliphatic carbocycles. The lowest BCUT2D eigenvalue weighted by Crippen LogP contribution is -2.51. The Morgan fingerprint density at radius 3 is 2.41 bits per heavy atom. The molecule has 0 spiro atoms. The maximum atomic E-state index is 13.6. The molecule has 4 fully saturated rings. The molecule has 1 atom stereocenters. The molecule has 1 amide bonds. The van der Waals surface area contributed by atoms with Crippen molar-refractivity contribution >= 4 is 11.9 Å². The van der Waals surface area contributed by atoms with Gasteiger partial charge in [0.2, 0.25) is 0 Å². The number of hydrogen-bond donors (Lipinski definition) is 1. The Morgan fingerprint density at radius 1 is 1.09 bits per heavy atom. The number of fused-ring (bicyclic) bond motifs is 1. The number of amides is 1. The van der Waals surface area contributed by atoms with Crippen LogP contribution < -0.4 is 5.32 Å². The Bertz CT molecular complexity index is 1050. The number of carbonyl (C=O) groups excluding carboxylic acids is 2. The fourth-order valence-corrected chi connectivity index (χ4v) is 7.90. The number of carbonyl (C=O) groups is 2. The summed E-state index contributed by atoms with van der Waals surface area (Å²) in [5.41, 5.74) is 3.67. The minimum absolute atomic E-state index is 0.0915. The van der Waals surface area contributed by atoms with Gasteiger partial charge in [-0.1, -0.05) is 18.2 Å². The molecule has 1 aromatic heterocycles. The number of hydrogen-bond acceptors (Lipinski definition) is 4. The average molecular weight is 462 g/mol. The molecule has 180 valence electrons. The second kappa shape index (κ2) is 8.54. The predicted molar refractivity (Wildman–Crippen MR) is 129 cm³/mol. The molecule has 1 aromatic carbocycles. The van der Waals surface area contributed by atoms with Crippen molar-refractivity contribution in [1.29, 1.82) is 0 Å². The SMILES string of the molecule is CCOC(=O)C1CCc2c(c(C(=O)NCC34CC5CC(CC(C5)C3)C4)nn2-c2ccccc2)C1. The zero-order valence-electron chi connectivity index (χ0n) is 20.1. The topological polar surface area (TPSA) is 73.2 Å². The molecule has 0 saturated heterocycles. The molecule has 1 heterocycles. The van der Waals surface area contributed by atoms with E-state index in [1.165, 1.54) is 38.5 Å². The summed E-state index contributed by atoms with van der Waals surface area (Å²) >= 11 is 0. The normalized spacial score (nSPS) is 31.2. The number of nitrogens with one attached hydrogen (secondary N) is 1. The number of nitrogens with zero attached hydrogens (tertiary/aromatic N) is 2. The van der Waals surface area contributed by atoms with E-state index in [0.717, 1.165) is 47.7 Å². The van der Waals surface area contributed by atoms with Crippen molar-refractivity contribution in [2.24, 2.45) is 29.1 Å². The van der Waals surface area contributed by atoms with Crippen molar-refractivity contribution in [1.82, 2.24) is 15.1 Å². The Hall–Kier alpha value is -2.63. The van der Waals surface area contributed by atoms with Crippen molar-refractivity contribution in [2.45, 2.75) is 64.7 Å². The summed E-state index contributed by atoms with van der Waals surface area (Å²) in [6.07, 6.45) is 9.94. The van der Waals surface area contributed by atoms with Crippen LogP contribution in [0.4, 0.5) is 0 Å². The van der Waals surface area contributed by atoms with Gasteiger partial charge in [0.05, 0.1) is 18.2 Å². The molecule has 6 heteroatoms. The first-order valence-corrected chi connectivity index (χ1v) is 13.1. The second-order valence-electron chi connectivity index (χ2n) is 11.3. The first-order chi connectivity index (χ1) is 16.5. The van der Waals surface area contributed by atoms with Crippen LogP contribution >= 0.6 is 0 Å². The molecule has 4 saturated carbocycles. The van der Waals surface area contributed by atoms with Crippen molar-refractivity contribution in [2.75, 3.05) is 13.2 Å². The lowest BCUT2D eigenvalue weighted by Gasteiger charge is -2.56. The van der Waals surface area contributed by atoms with Gasteiger partial charge in [-0.2, -0.15) is 5.10 Å². The highest BCUT2D eigenvalue weighted by Gasteiger charge is 2.50. The summed E-state index contributed by atoms with van der Waals surface area (Å²) in [5.74, 6) is 2.11. The van der Waals surface area contributed by atoms with E-state index in [0.29, 0.717) is 25.1 Å². The van der Waals surface area contributed by atoms with Crippen LogP contribution in [-0.4, -0.2) is 34.8 Å². The quantitative estimate of drug-likeness (QED) is 0.644. The van der Waals surface area contributed by atoms with Gasteiger partial charge in [-0.3, -0.25) is 9.59 Å². The van der Waals surface area contributed by atoms with Gasteiger partial charge in [0.25, 0.3) is 5.91 Å². The van der Waals surface area contributed by atoms with Gasteiger partial charge >= 0.3 is 5.97 Å². The van der Waals surface area contributed by atoms with E-state index < -0.39 is 0 Å². The van der Waals surface area contributed by atoms with Crippen molar-refractivity contribution < 1.29 is 14.3 Å². The fraction of sp³-hybridized carbons (Fsp3) is 0.607. The molecule has 7 rings (SSSR count). The standard InChI is InChI=1S/C28H35N3O3/c1-2-34-27(33)21-8-9-24-23(13-21)25(30-31(24)22-6-4-3-5-7-22)26(32)29-17-28-14-18-10-19(15-28)12-20(11-18)16-28/h3-7,18-21H,2,8-17H2,1H3,(H,29,32). The van der Waals surface area contributed by atoms with E-state index in [1.807, 2.05) is 41.9 Å². The van der Waals surface area contributed by atoms with E-state index in [9.17, 15) is 9.59 Å². The van der Waals surface area contributed by atoms with Gasteiger partial charge in [0, 0.05) is 17.8 Å². The molecule has 6 nitrogen and oxygen atoms in total. The molecule has 1 unspecified atom stereocenters. The Labute approximate surface area is 201 Å². The number of aromatic nitrogens is 2. The zero-order chi connectivity index (χ0) is 23.3. The first kappa shape index (κ1) is 21.9. The van der Waals surface area contributed by atoms with Crippen LogP contribution in [0.3, 0.4) is 0 Å². The molecule has 4 bridgehead atoms. The largest absolute Gasteiger partial charge is 0.466 e. The highest BCUT2D eigenvalue weighted by Crippen LogP contribution is 2.59. The third-order valence-electron chi connectivity index (χ3n) is 8.89. The van der Waals surface area contributed by atoms with Crippen molar-refractivity contribution in [3.8, 4) is 5.69 Å². The summed E-state index contributed by atoms with van der Waals surface area (Å²) in [6, 6.07) is 9.99. The van der Waals surface area contributed by atoms with Gasteiger partial charge in [-0.25, -0.2) is 4.68 Å². The summed E-state index contributed by atoms with van der Waals surface area (Å²) in [7, 11) is 0. The average Bonchev–Trinajstić information content (AvgIpc) is 3.21. The molecule has 5 aliphatic rings. The van der Waals surface area contributed by atoms with Crippen LogP contribution in [0.25, 0.3) is 5.69 Å². The van der Waals surface area contributed by atoms with E-state index in [-0.39, 0.29) is 23.2 Å². The number of para-hydroxylation sites is 1. The van der Waals surface area contributed by atoms with E-state index in [2.05, 4.69) is 5.32 Å². The van der Waals surface area contributed by atoms with Gasteiger partial charge in [-0.15, -0.1) is 0 Å². The molecule has 2 aromatic rings. The molecule has 0 aliphatic heterocycles. The van der Waals surface area contributed by atoms with Gasteiger partial charge in [-0.05, 0) is 100 Å². The van der Waals surface area contributed by atoms with E-state index in [4.69, 9.17) is 9.84 Å². The van der Waals surface area contributed by atoms with Crippen molar-refractivity contribution in [3.63, 3.8) is 0 Å². The van der Waals surface area contributed by atoms with E-state index in [1.54, 1.807) is 0 Å². The number of esters is 1. The van der Waals surface area contributed by atoms with E-state index >= 15 is 0 Å². The lowest BCUT2D eigenvalue weighted by atomic mass is 9.49. The maximum Gasteiger partial charge on any atom is 0.309 e. The highest BCUT2D eigenvalue weighted by atomic mass is 16.5. The summed E-state index contributed by atoms with van der Waals surface area (Å²) in [4.78, 5) is 26.1. The molecular weight excluding hydrogens is 426 g/mol. The van der Waals surface area contributed by atoms with Crippen LogP contribution in [0.15, 0.2) is 30.3 Å². The van der Waals surface area contributed by atoms with Crippen LogP contribution in [0.2, 0.25) is 0 Å². The monoisotopic (exact) mass is 461 g/mol. The molecule has 34 heavy (non-hydrogen) atoms.